The third-order valence-corrected chi connectivity index (χ3v) is 9.21. The summed E-state index contributed by atoms with van der Waals surface area (Å²) in [6.45, 7) is 0.831. The molecule has 4 amide bonds. The number of carbonyl (C=O) groups excluding carboxylic acids is 5. The van der Waals surface area contributed by atoms with Gasteiger partial charge in [-0.2, -0.15) is 0 Å². The molecular formula is C40H60N5O14. The summed E-state index contributed by atoms with van der Waals surface area (Å²) in [4.78, 5) is 106. The number of carboxylic acids is 4. The van der Waals surface area contributed by atoms with Gasteiger partial charge in [-0.3, -0.25) is 24.0 Å². The van der Waals surface area contributed by atoms with Gasteiger partial charge in [-0.1, -0.05) is 44.9 Å². The van der Waals surface area contributed by atoms with Crippen LogP contribution in [0.3, 0.4) is 0 Å². The average molecular weight is 835 g/mol. The summed E-state index contributed by atoms with van der Waals surface area (Å²) in [5.74, 6) is -7.18. The van der Waals surface area contributed by atoms with E-state index in [0.717, 1.165) is 51.4 Å². The summed E-state index contributed by atoms with van der Waals surface area (Å²) >= 11 is 0. The minimum atomic E-state index is -1.54. The Kier molecular flexibility index (Phi) is 26.6. The fourth-order valence-electron chi connectivity index (χ4n) is 5.77. The molecule has 1 aromatic rings. The van der Waals surface area contributed by atoms with Gasteiger partial charge in [0.15, 0.2) is 0 Å². The number of ether oxygens (including phenoxy) is 1. The average Bonchev–Trinajstić information content (AvgIpc) is 3.19. The van der Waals surface area contributed by atoms with Crippen molar-refractivity contribution in [3.8, 4) is 5.75 Å². The molecule has 19 heteroatoms. The van der Waals surface area contributed by atoms with Crippen molar-refractivity contribution in [2.45, 2.75) is 146 Å². The fourth-order valence-corrected chi connectivity index (χ4v) is 5.77. The highest BCUT2D eigenvalue weighted by Gasteiger charge is 2.26. The van der Waals surface area contributed by atoms with E-state index in [1.54, 1.807) is 18.4 Å². The standard InChI is InChI=1S/C40H60N5O14/c41-28(26-46)12-9-10-24-42-33(47)21-18-30(38(53)54)44-35(49)23-20-32(40(57)58)45-36(50)22-19-31(39(55)56)43-34(48)13-8-6-4-2-1-3-5-7-11-25-59-29-16-14-27(15-17-29)37(51)52/h14-17,28,30-32H,1-13,18-25,41H2,(H,42,47)(H,43,48)(H,44,49)(H,45,50)(H,51,52)(H,53,54)(H,55,56)(H,57,58)/t28-,30-,31-,32?/m0/s1. The Balaban J connectivity index is 2.27. The smallest absolute Gasteiger partial charge is 0.335 e. The number of rotatable bonds is 35. The monoisotopic (exact) mass is 834 g/mol. The normalized spacial score (nSPS) is 12.8. The van der Waals surface area contributed by atoms with Gasteiger partial charge in [-0.05, 0) is 75.6 Å². The van der Waals surface area contributed by atoms with Crippen LogP contribution in [0.5, 0.6) is 5.75 Å². The first-order valence-electron chi connectivity index (χ1n) is 20.1. The van der Waals surface area contributed by atoms with Crippen LogP contribution in [-0.4, -0.2) is 112 Å². The predicted molar refractivity (Wildman–Crippen MR) is 212 cm³/mol. The number of hydrogen-bond donors (Lipinski definition) is 9. The molecule has 59 heavy (non-hydrogen) atoms. The van der Waals surface area contributed by atoms with Crippen LogP contribution in [0.1, 0.15) is 132 Å². The van der Waals surface area contributed by atoms with Gasteiger partial charge in [0.2, 0.25) is 29.9 Å². The molecule has 1 unspecified atom stereocenters. The number of hydrogen-bond acceptors (Lipinski definition) is 11. The minimum Gasteiger partial charge on any atom is -0.494 e. The molecule has 0 heterocycles. The minimum absolute atomic E-state index is 0.105. The summed E-state index contributed by atoms with van der Waals surface area (Å²) in [5, 5.41) is 47.0. The highest BCUT2D eigenvalue weighted by molar-refractivity contribution is 5.88. The van der Waals surface area contributed by atoms with Gasteiger partial charge in [0.1, 0.15) is 23.9 Å². The quantitative estimate of drug-likeness (QED) is 0.0444. The maximum Gasteiger partial charge on any atom is 0.335 e. The number of nitrogens with two attached hydrogens (primary N) is 1. The molecular weight excluding hydrogens is 774 g/mol. The zero-order valence-electron chi connectivity index (χ0n) is 33.4. The third-order valence-electron chi connectivity index (χ3n) is 9.21. The third kappa shape index (κ3) is 25.4. The van der Waals surface area contributed by atoms with E-state index in [1.807, 2.05) is 0 Å². The van der Waals surface area contributed by atoms with E-state index in [2.05, 4.69) is 21.3 Å². The van der Waals surface area contributed by atoms with Crippen molar-refractivity contribution in [2.75, 3.05) is 13.2 Å². The van der Waals surface area contributed by atoms with E-state index >= 15 is 0 Å². The Morgan fingerprint density at radius 2 is 0.966 bits per heavy atom. The van der Waals surface area contributed by atoms with Crippen LogP contribution >= 0.6 is 0 Å². The SMILES string of the molecule is N[C@H]([C]=O)CCCCNC(=O)CC[C@H](NC(=O)CCC(NC(=O)CC[C@H](NC(=O)CCCCCCCCCCCOc1ccc(C(=O)O)cc1)C(=O)O)C(=O)O)C(=O)O. The molecule has 10 N–H and O–H groups in total. The number of carbonyl (C=O) groups is 8. The van der Waals surface area contributed by atoms with Crippen LogP contribution in [0.4, 0.5) is 0 Å². The summed E-state index contributed by atoms with van der Waals surface area (Å²) in [5.41, 5.74) is 5.65. The van der Waals surface area contributed by atoms with Crippen LogP contribution in [-0.2, 0) is 38.4 Å². The maximum absolute atomic E-state index is 12.5. The van der Waals surface area contributed by atoms with Gasteiger partial charge in [0.05, 0.1) is 18.2 Å². The van der Waals surface area contributed by atoms with Gasteiger partial charge >= 0.3 is 23.9 Å². The number of aromatic carboxylic acids is 1. The number of nitrogens with one attached hydrogen (secondary N) is 4. The lowest BCUT2D eigenvalue weighted by atomic mass is 10.1. The molecule has 0 saturated heterocycles. The summed E-state index contributed by atoms with van der Waals surface area (Å²) in [6.07, 6.45) is 9.49. The number of aliphatic carboxylic acids is 3. The molecule has 0 spiro atoms. The number of unbranched alkanes of at least 4 members (excludes halogenated alkanes) is 9. The predicted octanol–water partition coefficient (Wildman–Crippen LogP) is 2.44. The first-order valence-corrected chi connectivity index (χ1v) is 20.1. The molecule has 0 aromatic heterocycles. The van der Waals surface area contributed by atoms with E-state index < -0.39 is 90.9 Å². The number of carboxylic acid groups (broad SMARTS) is 4. The van der Waals surface area contributed by atoms with Crippen LogP contribution in [0.2, 0.25) is 0 Å². The van der Waals surface area contributed by atoms with Crippen molar-refractivity contribution < 1.29 is 68.3 Å². The Morgan fingerprint density at radius 3 is 1.41 bits per heavy atom. The Morgan fingerprint density at radius 1 is 0.542 bits per heavy atom. The maximum atomic E-state index is 12.5. The van der Waals surface area contributed by atoms with Gasteiger partial charge in [-0.25, -0.2) is 19.2 Å². The molecule has 0 fully saturated rings. The molecule has 1 aromatic carbocycles. The van der Waals surface area contributed by atoms with Crippen molar-refractivity contribution in [1.29, 1.82) is 0 Å². The molecule has 0 aliphatic rings. The van der Waals surface area contributed by atoms with Crippen LogP contribution in [0.25, 0.3) is 0 Å². The number of amides is 4. The lowest BCUT2D eigenvalue weighted by molar-refractivity contribution is -0.144. The second kappa shape index (κ2) is 30.5. The zero-order chi connectivity index (χ0) is 44.0. The van der Waals surface area contributed by atoms with Gasteiger partial charge in [0.25, 0.3) is 0 Å². The Hall–Kier alpha value is -5.59. The van der Waals surface area contributed by atoms with Crippen molar-refractivity contribution >= 4 is 53.8 Å². The molecule has 19 nitrogen and oxygen atoms in total. The molecule has 0 saturated carbocycles. The molecule has 329 valence electrons. The summed E-state index contributed by atoms with van der Waals surface area (Å²) in [6, 6.07) is 1.22. The Bertz CT molecular complexity index is 1510. The van der Waals surface area contributed by atoms with Crippen LogP contribution in [0.15, 0.2) is 24.3 Å². The topological polar surface area (TPSA) is 318 Å². The Labute approximate surface area is 343 Å². The van der Waals surface area contributed by atoms with Crippen LogP contribution < -0.4 is 31.7 Å². The molecule has 4 atom stereocenters. The molecule has 0 aliphatic carbocycles. The van der Waals surface area contributed by atoms with E-state index in [-0.39, 0.29) is 37.8 Å². The van der Waals surface area contributed by atoms with Crippen molar-refractivity contribution in [1.82, 2.24) is 21.3 Å². The highest BCUT2D eigenvalue weighted by Crippen LogP contribution is 2.15. The highest BCUT2D eigenvalue weighted by atomic mass is 16.5. The summed E-state index contributed by atoms with van der Waals surface area (Å²) in [7, 11) is 0. The summed E-state index contributed by atoms with van der Waals surface area (Å²) < 4.78 is 5.63. The second-order valence-corrected chi connectivity index (χ2v) is 14.2. The van der Waals surface area contributed by atoms with Crippen molar-refractivity contribution in [3.63, 3.8) is 0 Å². The zero-order valence-corrected chi connectivity index (χ0v) is 33.4. The van der Waals surface area contributed by atoms with E-state index in [1.165, 1.54) is 12.1 Å². The van der Waals surface area contributed by atoms with Crippen molar-refractivity contribution in [3.05, 3.63) is 29.8 Å². The van der Waals surface area contributed by atoms with Gasteiger partial charge in [0, 0.05) is 32.2 Å². The van der Waals surface area contributed by atoms with Crippen molar-refractivity contribution in [2.24, 2.45) is 5.73 Å². The molecule has 0 bridgehead atoms. The van der Waals surface area contributed by atoms with Gasteiger partial charge < -0.3 is 52.2 Å². The van der Waals surface area contributed by atoms with Crippen LogP contribution in [0, 0.1) is 0 Å². The number of benzene rings is 1. The van der Waals surface area contributed by atoms with E-state index in [9.17, 15) is 58.5 Å². The van der Waals surface area contributed by atoms with E-state index in [4.69, 9.17) is 15.6 Å². The molecule has 0 aliphatic heterocycles. The first kappa shape index (κ1) is 51.4. The second-order valence-electron chi connectivity index (χ2n) is 14.2. The lowest BCUT2D eigenvalue weighted by Gasteiger charge is -2.18. The lowest BCUT2D eigenvalue weighted by Crippen LogP contribution is -2.45. The van der Waals surface area contributed by atoms with E-state index in [0.29, 0.717) is 38.0 Å². The first-order chi connectivity index (χ1) is 28.1. The molecule has 1 radical (unpaired) electrons. The molecule has 1 rings (SSSR count). The largest absolute Gasteiger partial charge is 0.494 e. The fraction of sp³-hybridized carbons (Fsp3) is 0.625. The van der Waals surface area contributed by atoms with Gasteiger partial charge in [-0.15, -0.1) is 0 Å².